The maximum Gasteiger partial charge on any atom is 0.251 e. The highest BCUT2D eigenvalue weighted by Crippen LogP contribution is 2.23. The third-order valence-corrected chi connectivity index (χ3v) is 5.66. The number of nitrogens with one attached hydrogen (secondary N) is 1. The summed E-state index contributed by atoms with van der Waals surface area (Å²) in [4.78, 5) is 24.0. The second-order valence-electron chi connectivity index (χ2n) is 6.54. The second-order valence-corrected chi connectivity index (χ2v) is 7.78. The Morgan fingerprint density at radius 2 is 2.15 bits per heavy atom. The highest BCUT2D eigenvalue weighted by atomic mass is 32.1. The Balaban J connectivity index is 1.49. The number of morpholine rings is 1. The summed E-state index contributed by atoms with van der Waals surface area (Å²) in [7, 11) is 0. The molecule has 1 aromatic carbocycles. The zero-order valence-electron chi connectivity index (χ0n) is 15.2. The van der Waals surface area contributed by atoms with Crippen molar-refractivity contribution in [2.45, 2.75) is 13.0 Å². The third-order valence-electron chi connectivity index (χ3n) is 4.73. The van der Waals surface area contributed by atoms with Crippen LogP contribution in [0.15, 0.2) is 42.6 Å². The van der Waals surface area contributed by atoms with Crippen LogP contribution in [0, 0.1) is 6.92 Å². The molecule has 0 spiro atoms. The fourth-order valence-electron chi connectivity index (χ4n) is 3.36. The van der Waals surface area contributed by atoms with Crippen LogP contribution in [0.3, 0.4) is 0 Å². The molecule has 1 amide bonds. The Morgan fingerprint density at radius 3 is 2.93 bits per heavy atom. The molecule has 1 unspecified atom stereocenters. The summed E-state index contributed by atoms with van der Waals surface area (Å²) in [6.07, 6.45) is 1.80. The Morgan fingerprint density at radius 1 is 1.30 bits per heavy atom. The van der Waals surface area contributed by atoms with Gasteiger partial charge >= 0.3 is 0 Å². The number of nitrogens with zero attached hydrogens (tertiary/aromatic N) is 3. The lowest BCUT2D eigenvalue weighted by atomic mass is 10.1. The van der Waals surface area contributed by atoms with Crippen LogP contribution in [0.5, 0.6) is 0 Å². The molecule has 0 aliphatic carbocycles. The van der Waals surface area contributed by atoms with Crippen LogP contribution < -0.4 is 5.32 Å². The molecule has 0 bridgehead atoms. The Hall–Kier alpha value is -2.35. The predicted octanol–water partition coefficient (Wildman–Crippen LogP) is 2.80. The van der Waals surface area contributed by atoms with Crippen LogP contribution in [-0.4, -0.2) is 53.6 Å². The van der Waals surface area contributed by atoms with Crippen LogP contribution in [0.25, 0.3) is 10.2 Å². The smallest absolute Gasteiger partial charge is 0.251 e. The number of pyridine rings is 1. The molecule has 1 saturated heterocycles. The number of ether oxygens (including phenoxy) is 1. The Kier molecular flexibility index (Phi) is 5.42. The Bertz CT molecular complexity index is 922. The molecule has 1 N–H and O–H groups in total. The zero-order chi connectivity index (χ0) is 18.6. The molecule has 1 aliphatic rings. The summed E-state index contributed by atoms with van der Waals surface area (Å²) in [5.41, 5.74) is 2.56. The number of hydrogen-bond donors (Lipinski definition) is 1. The summed E-state index contributed by atoms with van der Waals surface area (Å²) < 4.78 is 6.51. The fourth-order valence-corrected chi connectivity index (χ4v) is 4.22. The number of carbonyl (C=O) groups excluding carboxylic acids is 1. The minimum absolute atomic E-state index is 0.0356. The lowest BCUT2D eigenvalue weighted by Crippen LogP contribution is -2.44. The number of carbonyl (C=O) groups is 1. The molecule has 3 aromatic rings. The molecule has 0 saturated carbocycles. The Labute approximate surface area is 162 Å². The number of fused-ring (bicyclic) bond motifs is 1. The highest BCUT2D eigenvalue weighted by molar-refractivity contribution is 7.18. The number of aryl methyl sites for hydroxylation is 1. The second kappa shape index (κ2) is 8.12. The molecule has 3 heterocycles. The first-order chi connectivity index (χ1) is 13.2. The van der Waals surface area contributed by atoms with Gasteiger partial charge in [0, 0.05) is 31.4 Å². The van der Waals surface area contributed by atoms with Crippen molar-refractivity contribution in [3.05, 3.63) is 58.9 Å². The van der Waals surface area contributed by atoms with Gasteiger partial charge in [-0.2, -0.15) is 0 Å². The summed E-state index contributed by atoms with van der Waals surface area (Å²) in [6, 6.07) is 11.6. The van der Waals surface area contributed by atoms with Crippen molar-refractivity contribution in [2.24, 2.45) is 0 Å². The molecule has 140 valence electrons. The van der Waals surface area contributed by atoms with Crippen molar-refractivity contribution in [3.63, 3.8) is 0 Å². The van der Waals surface area contributed by atoms with E-state index in [0.717, 1.165) is 34.0 Å². The molecule has 1 fully saturated rings. The predicted molar refractivity (Wildman–Crippen MR) is 106 cm³/mol. The van der Waals surface area contributed by atoms with E-state index in [0.29, 0.717) is 25.3 Å². The normalized spacial score (nSPS) is 16.3. The number of amides is 1. The van der Waals surface area contributed by atoms with Crippen LogP contribution in [0.4, 0.5) is 0 Å². The molecule has 2 aromatic heterocycles. The van der Waals surface area contributed by atoms with Gasteiger partial charge in [-0.3, -0.25) is 14.7 Å². The minimum atomic E-state index is -0.0721. The fraction of sp³-hybridized carbons (Fsp3) is 0.350. The summed E-state index contributed by atoms with van der Waals surface area (Å²) in [5.74, 6) is -0.0721. The van der Waals surface area contributed by atoms with Crippen LogP contribution in [0.2, 0.25) is 0 Å². The van der Waals surface area contributed by atoms with E-state index in [1.807, 2.05) is 43.3 Å². The lowest BCUT2D eigenvalue weighted by Gasteiger charge is -2.34. The molecule has 27 heavy (non-hydrogen) atoms. The van der Waals surface area contributed by atoms with Gasteiger partial charge < -0.3 is 10.1 Å². The standard InChI is InChI=1S/C20H22N4O2S/c1-14-23-17-6-5-15(12-19(17)27-14)20(25)22-13-18(16-4-2-3-7-21-16)24-8-10-26-11-9-24/h2-7,12,18H,8-11,13H2,1H3,(H,22,25). The van der Waals surface area contributed by atoms with E-state index in [4.69, 9.17) is 4.74 Å². The highest BCUT2D eigenvalue weighted by Gasteiger charge is 2.24. The van der Waals surface area contributed by atoms with Crippen molar-refractivity contribution >= 4 is 27.5 Å². The number of thiazole rings is 1. The van der Waals surface area contributed by atoms with E-state index >= 15 is 0 Å². The van der Waals surface area contributed by atoms with Gasteiger partial charge in [0.25, 0.3) is 5.91 Å². The minimum Gasteiger partial charge on any atom is -0.379 e. The summed E-state index contributed by atoms with van der Waals surface area (Å²) >= 11 is 1.60. The van der Waals surface area contributed by atoms with Crippen molar-refractivity contribution in [3.8, 4) is 0 Å². The first-order valence-electron chi connectivity index (χ1n) is 9.09. The molecule has 1 atom stereocenters. The van der Waals surface area contributed by atoms with E-state index in [9.17, 15) is 4.79 Å². The number of benzene rings is 1. The molecule has 7 heteroatoms. The monoisotopic (exact) mass is 382 g/mol. The van der Waals surface area contributed by atoms with Crippen LogP contribution >= 0.6 is 11.3 Å². The molecule has 0 radical (unpaired) electrons. The van der Waals surface area contributed by atoms with Gasteiger partial charge in [-0.05, 0) is 37.3 Å². The van der Waals surface area contributed by atoms with Crippen molar-refractivity contribution in [1.82, 2.24) is 20.2 Å². The molecular formula is C20H22N4O2S. The quantitative estimate of drug-likeness (QED) is 0.735. The SMILES string of the molecule is Cc1nc2ccc(C(=O)NCC(c3ccccn3)N3CCOCC3)cc2s1. The average Bonchev–Trinajstić information content (AvgIpc) is 3.09. The average molecular weight is 382 g/mol. The van der Waals surface area contributed by atoms with E-state index in [1.165, 1.54) is 0 Å². The van der Waals surface area contributed by atoms with Gasteiger partial charge in [-0.1, -0.05) is 6.07 Å². The maximum absolute atomic E-state index is 12.7. The van der Waals surface area contributed by atoms with E-state index in [-0.39, 0.29) is 11.9 Å². The van der Waals surface area contributed by atoms with Gasteiger partial charge in [0.2, 0.25) is 0 Å². The van der Waals surface area contributed by atoms with E-state index in [1.54, 1.807) is 17.5 Å². The topological polar surface area (TPSA) is 67.4 Å². The van der Waals surface area contributed by atoms with Gasteiger partial charge in [0.1, 0.15) is 0 Å². The van der Waals surface area contributed by atoms with E-state index in [2.05, 4.69) is 20.2 Å². The largest absolute Gasteiger partial charge is 0.379 e. The number of hydrogen-bond acceptors (Lipinski definition) is 6. The van der Waals surface area contributed by atoms with Crippen molar-refractivity contribution < 1.29 is 9.53 Å². The summed E-state index contributed by atoms with van der Waals surface area (Å²) in [5, 5.41) is 4.09. The number of rotatable bonds is 5. The van der Waals surface area contributed by atoms with Crippen LogP contribution in [-0.2, 0) is 4.74 Å². The first-order valence-corrected chi connectivity index (χ1v) is 9.90. The first kappa shape index (κ1) is 18.0. The van der Waals surface area contributed by atoms with Crippen LogP contribution in [0.1, 0.15) is 27.1 Å². The lowest BCUT2D eigenvalue weighted by molar-refractivity contribution is 0.0154. The van der Waals surface area contributed by atoms with Crippen molar-refractivity contribution in [1.29, 1.82) is 0 Å². The zero-order valence-corrected chi connectivity index (χ0v) is 16.0. The third kappa shape index (κ3) is 4.16. The summed E-state index contributed by atoms with van der Waals surface area (Å²) in [6.45, 7) is 5.57. The maximum atomic E-state index is 12.7. The van der Waals surface area contributed by atoms with E-state index < -0.39 is 0 Å². The number of aromatic nitrogens is 2. The molecule has 1 aliphatic heterocycles. The van der Waals surface area contributed by atoms with Gasteiger partial charge in [-0.25, -0.2) is 4.98 Å². The van der Waals surface area contributed by atoms with Gasteiger partial charge in [-0.15, -0.1) is 11.3 Å². The van der Waals surface area contributed by atoms with Gasteiger partial charge in [0.05, 0.1) is 40.2 Å². The van der Waals surface area contributed by atoms with Gasteiger partial charge in [0.15, 0.2) is 0 Å². The molecule has 4 rings (SSSR count). The molecule has 6 nitrogen and oxygen atoms in total. The molecular weight excluding hydrogens is 360 g/mol. The van der Waals surface area contributed by atoms with Crippen molar-refractivity contribution in [2.75, 3.05) is 32.8 Å².